The molecule has 1 atom stereocenters. The molecule has 1 N–H and O–H groups in total. The third-order valence-corrected chi connectivity index (χ3v) is 6.73. The minimum absolute atomic E-state index is 0.111. The van der Waals surface area contributed by atoms with Gasteiger partial charge in [-0.15, -0.1) is 11.3 Å². The molecule has 0 radical (unpaired) electrons. The number of hydrogen-bond donors (Lipinski definition) is 1. The van der Waals surface area contributed by atoms with Gasteiger partial charge in [-0.25, -0.2) is 9.97 Å². The molecule has 0 bridgehead atoms. The first kappa shape index (κ1) is 19.4. The number of aromatic nitrogens is 3. The van der Waals surface area contributed by atoms with Gasteiger partial charge in [0.2, 0.25) is 0 Å². The maximum atomic E-state index is 12.9. The topological polar surface area (TPSA) is 72.3 Å². The summed E-state index contributed by atoms with van der Waals surface area (Å²) in [5, 5.41) is 6.22. The zero-order chi connectivity index (χ0) is 20.6. The zero-order valence-corrected chi connectivity index (χ0v) is 17.8. The van der Waals surface area contributed by atoms with Crippen molar-refractivity contribution in [2.45, 2.75) is 44.6 Å². The van der Waals surface area contributed by atoms with Crippen LogP contribution < -0.4 is 5.32 Å². The molecule has 2 aromatic heterocycles. The molecule has 1 unspecified atom stereocenters. The van der Waals surface area contributed by atoms with Gasteiger partial charge in [0.1, 0.15) is 11.4 Å². The largest absolute Gasteiger partial charge is 0.352 e. The van der Waals surface area contributed by atoms with Crippen molar-refractivity contribution < 1.29 is 9.53 Å². The predicted octanol–water partition coefficient (Wildman–Crippen LogP) is 3.18. The van der Waals surface area contributed by atoms with Crippen LogP contribution in [-0.2, 0) is 28.2 Å². The number of benzene rings is 1. The third kappa shape index (κ3) is 3.78. The van der Waals surface area contributed by atoms with E-state index in [-0.39, 0.29) is 5.91 Å². The smallest absolute Gasteiger partial charge is 0.255 e. The van der Waals surface area contributed by atoms with Crippen molar-refractivity contribution >= 4 is 22.9 Å². The molecule has 8 heteroatoms. The van der Waals surface area contributed by atoms with Crippen LogP contribution in [0.25, 0.3) is 0 Å². The van der Waals surface area contributed by atoms with Crippen LogP contribution in [0.4, 0.5) is 5.69 Å². The highest BCUT2D eigenvalue weighted by Crippen LogP contribution is 2.40. The zero-order valence-electron chi connectivity index (χ0n) is 17.0. The van der Waals surface area contributed by atoms with Gasteiger partial charge in [0.15, 0.2) is 6.10 Å². The Morgan fingerprint density at radius 2 is 2.10 bits per heavy atom. The number of fused-ring (bicyclic) bond motifs is 2. The van der Waals surface area contributed by atoms with Gasteiger partial charge in [-0.2, -0.15) is 0 Å². The fourth-order valence-electron chi connectivity index (χ4n) is 4.40. The van der Waals surface area contributed by atoms with Crippen molar-refractivity contribution in [2.75, 3.05) is 18.4 Å². The highest BCUT2D eigenvalue weighted by Gasteiger charge is 2.47. The van der Waals surface area contributed by atoms with Crippen molar-refractivity contribution in [1.29, 1.82) is 0 Å². The minimum atomic E-state index is -0.542. The summed E-state index contributed by atoms with van der Waals surface area (Å²) in [5.41, 5.74) is 1.39. The van der Waals surface area contributed by atoms with Crippen LogP contribution in [0.3, 0.4) is 0 Å². The molecule has 2 aliphatic heterocycles. The van der Waals surface area contributed by atoms with E-state index in [2.05, 4.69) is 30.1 Å². The molecule has 156 valence electrons. The van der Waals surface area contributed by atoms with Crippen LogP contribution in [0.2, 0.25) is 0 Å². The Labute approximate surface area is 179 Å². The molecule has 1 fully saturated rings. The van der Waals surface area contributed by atoms with Gasteiger partial charge >= 0.3 is 0 Å². The number of carbonyl (C=O) groups is 1. The lowest BCUT2D eigenvalue weighted by Crippen LogP contribution is -2.53. The molecule has 5 rings (SSSR count). The molecule has 7 nitrogen and oxygen atoms in total. The number of hydrogen-bond acceptors (Lipinski definition) is 6. The molecule has 0 saturated carbocycles. The lowest BCUT2D eigenvalue weighted by atomic mass is 9.88. The number of imidazole rings is 1. The summed E-state index contributed by atoms with van der Waals surface area (Å²) in [6.07, 6.45) is 4.83. The van der Waals surface area contributed by atoms with Gasteiger partial charge in [0.25, 0.3) is 5.91 Å². The van der Waals surface area contributed by atoms with Crippen molar-refractivity contribution in [1.82, 2.24) is 19.4 Å². The number of piperidine rings is 1. The number of nitrogens with one attached hydrogen (secondary N) is 1. The first-order valence-corrected chi connectivity index (χ1v) is 11.2. The average Bonchev–Trinajstić information content (AvgIpc) is 3.40. The van der Waals surface area contributed by atoms with Gasteiger partial charge in [-0.3, -0.25) is 9.69 Å². The van der Waals surface area contributed by atoms with Crippen molar-refractivity contribution in [3.8, 4) is 0 Å². The van der Waals surface area contributed by atoms with Crippen LogP contribution >= 0.6 is 11.3 Å². The Morgan fingerprint density at radius 3 is 2.83 bits per heavy atom. The quantitative estimate of drug-likeness (QED) is 0.698. The van der Waals surface area contributed by atoms with E-state index in [1.54, 1.807) is 11.3 Å². The third-order valence-electron chi connectivity index (χ3n) is 5.90. The number of nitrogens with zero attached hydrogens (tertiary/aromatic N) is 4. The Kier molecular flexibility index (Phi) is 5.14. The maximum absolute atomic E-state index is 12.9. The Hall–Kier alpha value is -2.55. The monoisotopic (exact) mass is 423 g/mol. The first-order valence-electron chi connectivity index (χ1n) is 10.3. The lowest BCUT2D eigenvalue weighted by Gasteiger charge is -2.45. The predicted molar refractivity (Wildman–Crippen MR) is 115 cm³/mol. The van der Waals surface area contributed by atoms with Crippen LogP contribution in [0.15, 0.2) is 48.1 Å². The van der Waals surface area contributed by atoms with E-state index in [4.69, 9.17) is 4.74 Å². The van der Waals surface area contributed by atoms with Gasteiger partial charge < -0.3 is 14.6 Å². The molecular formula is C22H25N5O2S. The van der Waals surface area contributed by atoms with Crippen LogP contribution in [0.1, 0.15) is 29.4 Å². The number of amides is 1. The lowest BCUT2D eigenvalue weighted by molar-refractivity contribution is -0.170. The van der Waals surface area contributed by atoms with E-state index in [0.717, 1.165) is 54.7 Å². The fraction of sp³-hybridized carbons (Fsp3) is 0.409. The number of ether oxygens (including phenoxy) is 1. The maximum Gasteiger partial charge on any atom is 0.255 e. The second-order valence-corrected chi connectivity index (χ2v) is 9.06. The van der Waals surface area contributed by atoms with E-state index in [1.807, 2.05) is 49.6 Å². The van der Waals surface area contributed by atoms with Gasteiger partial charge in [0, 0.05) is 43.1 Å². The number of likely N-dealkylation sites (tertiary alicyclic amines) is 1. The Balaban J connectivity index is 1.30. The van der Waals surface area contributed by atoms with E-state index < -0.39 is 11.7 Å². The standard InChI is InChI=1S/C22H25N5O2S/c1-16-24-18(15-30-16)13-26-10-7-22(8-11-26)21-23-9-12-27(21)14-19(29-22)20(28)25-17-5-3-2-4-6-17/h2-6,9,12,15,19H,7-8,10-11,13-14H2,1H3,(H,25,28). The highest BCUT2D eigenvalue weighted by molar-refractivity contribution is 7.09. The van der Waals surface area contributed by atoms with E-state index in [1.165, 1.54) is 0 Å². The highest BCUT2D eigenvalue weighted by atomic mass is 32.1. The summed E-state index contributed by atoms with van der Waals surface area (Å²) in [6, 6.07) is 9.52. The SMILES string of the molecule is Cc1nc(CN2CCC3(CC2)OC(C(=O)Nc2ccccc2)Cn2ccnc23)cs1. The normalized spacial score (nSPS) is 20.8. The van der Waals surface area contributed by atoms with E-state index >= 15 is 0 Å². The van der Waals surface area contributed by atoms with Crippen molar-refractivity contribution in [2.24, 2.45) is 0 Å². The van der Waals surface area contributed by atoms with E-state index in [9.17, 15) is 4.79 Å². The number of para-hydroxylation sites is 1. The van der Waals surface area contributed by atoms with Crippen LogP contribution in [-0.4, -0.2) is 44.5 Å². The second kappa shape index (κ2) is 7.94. The molecule has 30 heavy (non-hydrogen) atoms. The number of aryl methyl sites for hydroxylation is 1. The average molecular weight is 424 g/mol. The molecule has 1 amide bonds. The number of rotatable bonds is 4. The molecule has 2 aliphatic rings. The molecule has 3 aromatic rings. The molecule has 1 aromatic carbocycles. The van der Waals surface area contributed by atoms with Gasteiger partial charge in [-0.05, 0) is 31.9 Å². The van der Waals surface area contributed by atoms with Gasteiger partial charge in [0.05, 0.1) is 17.2 Å². The molecular weight excluding hydrogens is 398 g/mol. The summed E-state index contributed by atoms with van der Waals surface area (Å²) < 4.78 is 8.58. The van der Waals surface area contributed by atoms with E-state index in [0.29, 0.717) is 6.54 Å². The minimum Gasteiger partial charge on any atom is -0.352 e. The van der Waals surface area contributed by atoms with Crippen molar-refractivity contribution in [3.05, 3.63) is 64.6 Å². The number of thiazole rings is 1. The Bertz CT molecular complexity index is 1020. The first-order chi connectivity index (χ1) is 14.6. The summed E-state index contributed by atoms with van der Waals surface area (Å²) >= 11 is 1.69. The summed E-state index contributed by atoms with van der Waals surface area (Å²) in [6.45, 7) is 5.15. The van der Waals surface area contributed by atoms with Crippen molar-refractivity contribution in [3.63, 3.8) is 0 Å². The number of anilines is 1. The fourth-order valence-corrected chi connectivity index (χ4v) is 5.01. The summed E-state index contributed by atoms with van der Waals surface area (Å²) in [5.74, 6) is 0.829. The molecule has 0 aliphatic carbocycles. The molecule has 4 heterocycles. The molecule has 1 spiro atoms. The summed E-state index contributed by atoms with van der Waals surface area (Å²) in [7, 11) is 0. The second-order valence-electron chi connectivity index (χ2n) is 7.99. The summed E-state index contributed by atoms with van der Waals surface area (Å²) in [4.78, 5) is 24.5. The van der Waals surface area contributed by atoms with Gasteiger partial charge in [-0.1, -0.05) is 18.2 Å². The Morgan fingerprint density at radius 1 is 1.30 bits per heavy atom. The number of carbonyl (C=O) groups excluding carboxylic acids is 1. The van der Waals surface area contributed by atoms with Crippen LogP contribution in [0, 0.1) is 6.92 Å². The molecule has 1 saturated heterocycles. The van der Waals surface area contributed by atoms with Crippen LogP contribution in [0.5, 0.6) is 0 Å².